The van der Waals surface area contributed by atoms with Gasteiger partial charge in [-0.25, -0.2) is 0 Å². The van der Waals surface area contributed by atoms with E-state index in [9.17, 15) is 0 Å². The lowest BCUT2D eigenvalue weighted by Gasteiger charge is -2.32. The van der Waals surface area contributed by atoms with Crippen LogP contribution in [-0.4, -0.2) is 14.4 Å². The summed E-state index contributed by atoms with van der Waals surface area (Å²) in [5, 5.41) is 0. The molecule has 0 N–H and O–H groups in total. The first kappa shape index (κ1) is 11.3. The quantitative estimate of drug-likeness (QED) is 0.630. The SMILES string of the molecule is CC(O[Si](C)(C)C)C1CCCCC1. The summed E-state index contributed by atoms with van der Waals surface area (Å²) < 4.78 is 6.12. The van der Waals surface area contributed by atoms with E-state index in [-0.39, 0.29) is 0 Å². The molecule has 1 rings (SSSR count). The number of hydrogen-bond acceptors (Lipinski definition) is 1. The molecule has 1 fully saturated rings. The minimum atomic E-state index is -1.30. The van der Waals surface area contributed by atoms with Gasteiger partial charge in [0.05, 0.1) is 0 Å². The van der Waals surface area contributed by atoms with Gasteiger partial charge in [-0.15, -0.1) is 0 Å². The van der Waals surface area contributed by atoms with E-state index in [1.54, 1.807) is 0 Å². The molecule has 78 valence electrons. The molecule has 0 aromatic carbocycles. The Morgan fingerprint density at radius 3 is 2.08 bits per heavy atom. The van der Waals surface area contributed by atoms with Crippen LogP contribution in [0, 0.1) is 5.92 Å². The monoisotopic (exact) mass is 200 g/mol. The molecule has 1 atom stereocenters. The van der Waals surface area contributed by atoms with Gasteiger partial charge in [-0.1, -0.05) is 19.3 Å². The molecule has 0 aromatic heterocycles. The van der Waals surface area contributed by atoms with E-state index in [2.05, 4.69) is 26.6 Å². The maximum atomic E-state index is 6.12. The van der Waals surface area contributed by atoms with Gasteiger partial charge in [-0.2, -0.15) is 0 Å². The molecule has 1 aliphatic carbocycles. The fourth-order valence-electron chi connectivity index (χ4n) is 2.26. The number of hydrogen-bond donors (Lipinski definition) is 0. The lowest BCUT2D eigenvalue weighted by atomic mass is 9.86. The summed E-state index contributed by atoms with van der Waals surface area (Å²) in [7, 11) is -1.30. The van der Waals surface area contributed by atoms with Crippen LogP contribution in [0.1, 0.15) is 39.0 Å². The molecule has 0 bridgehead atoms. The predicted molar refractivity (Wildman–Crippen MR) is 60.5 cm³/mol. The van der Waals surface area contributed by atoms with Gasteiger partial charge in [0.1, 0.15) is 0 Å². The molecule has 0 amide bonds. The average molecular weight is 200 g/mol. The zero-order valence-electron chi connectivity index (χ0n) is 9.60. The van der Waals surface area contributed by atoms with Crippen molar-refractivity contribution >= 4 is 8.32 Å². The second kappa shape index (κ2) is 4.60. The Kier molecular flexibility index (Phi) is 3.99. The van der Waals surface area contributed by atoms with E-state index >= 15 is 0 Å². The Balaban J connectivity index is 2.33. The van der Waals surface area contributed by atoms with Gasteiger partial charge in [-0.3, -0.25) is 0 Å². The lowest BCUT2D eigenvalue weighted by molar-refractivity contribution is 0.117. The van der Waals surface area contributed by atoms with Crippen LogP contribution in [0.15, 0.2) is 0 Å². The van der Waals surface area contributed by atoms with Crippen LogP contribution in [-0.2, 0) is 4.43 Å². The fourth-order valence-corrected chi connectivity index (χ4v) is 3.57. The first-order chi connectivity index (χ1) is 5.99. The first-order valence-electron chi connectivity index (χ1n) is 5.67. The minimum Gasteiger partial charge on any atom is -0.415 e. The number of rotatable bonds is 3. The van der Waals surface area contributed by atoms with Crippen molar-refractivity contribution in [2.45, 2.75) is 64.8 Å². The van der Waals surface area contributed by atoms with Crippen LogP contribution in [0.3, 0.4) is 0 Å². The Hall–Kier alpha value is 0.177. The van der Waals surface area contributed by atoms with Crippen molar-refractivity contribution in [2.75, 3.05) is 0 Å². The average Bonchev–Trinajstić information content (AvgIpc) is 2.03. The molecule has 1 nitrogen and oxygen atoms in total. The molecular weight excluding hydrogens is 176 g/mol. The third-order valence-electron chi connectivity index (χ3n) is 2.85. The maximum absolute atomic E-state index is 6.12. The smallest absolute Gasteiger partial charge is 0.184 e. The summed E-state index contributed by atoms with van der Waals surface area (Å²) in [6, 6.07) is 0. The lowest BCUT2D eigenvalue weighted by Crippen LogP contribution is -2.35. The van der Waals surface area contributed by atoms with Crippen molar-refractivity contribution < 1.29 is 4.43 Å². The van der Waals surface area contributed by atoms with Crippen molar-refractivity contribution in [3.05, 3.63) is 0 Å². The van der Waals surface area contributed by atoms with Crippen molar-refractivity contribution in [3.63, 3.8) is 0 Å². The molecule has 0 radical (unpaired) electrons. The first-order valence-corrected chi connectivity index (χ1v) is 9.08. The van der Waals surface area contributed by atoms with Gasteiger partial charge in [0.25, 0.3) is 0 Å². The van der Waals surface area contributed by atoms with Crippen LogP contribution in [0.4, 0.5) is 0 Å². The van der Waals surface area contributed by atoms with E-state index in [4.69, 9.17) is 4.43 Å². The zero-order valence-corrected chi connectivity index (χ0v) is 10.6. The molecule has 1 aliphatic rings. The van der Waals surface area contributed by atoms with E-state index in [0.29, 0.717) is 6.10 Å². The van der Waals surface area contributed by atoms with E-state index in [1.165, 1.54) is 32.1 Å². The standard InChI is InChI=1S/C11H24OSi/c1-10(12-13(2,3)4)11-8-6-5-7-9-11/h10-11H,5-9H2,1-4H3. The van der Waals surface area contributed by atoms with Crippen molar-refractivity contribution in [3.8, 4) is 0 Å². The molecule has 0 aliphatic heterocycles. The highest BCUT2D eigenvalue weighted by Gasteiger charge is 2.25. The molecule has 0 saturated heterocycles. The van der Waals surface area contributed by atoms with Gasteiger partial charge < -0.3 is 4.43 Å². The highest BCUT2D eigenvalue weighted by molar-refractivity contribution is 6.69. The maximum Gasteiger partial charge on any atom is 0.184 e. The van der Waals surface area contributed by atoms with Crippen molar-refractivity contribution in [1.82, 2.24) is 0 Å². The predicted octanol–water partition coefficient (Wildman–Crippen LogP) is 3.81. The Labute approximate surface area is 84.0 Å². The summed E-state index contributed by atoms with van der Waals surface area (Å²) in [5.74, 6) is 0.848. The van der Waals surface area contributed by atoms with Crippen LogP contribution in [0.5, 0.6) is 0 Å². The van der Waals surface area contributed by atoms with Gasteiger partial charge >= 0.3 is 0 Å². The fraction of sp³-hybridized carbons (Fsp3) is 1.00. The van der Waals surface area contributed by atoms with Crippen LogP contribution in [0.25, 0.3) is 0 Å². The zero-order chi connectivity index (χ0) is 9.90. The molecule has 0 spiro atoms. The second-order valence-corrected chi connectivity index (χ2v) is 9.79. The molecule has 0 heterocycles. The summed E-state index contributed by atoms with van der Waals surface area (Å²) >= 11 is 0. The highest BCUT2D eigenvalue weighted by Crippen LogP contribution is 2.29. The largest absolute Gasteiger partial charge is 0.415 e. The Morgan fingerprint density at radius 2 is 1.62 bits per heavy atom. The van der Waals surface area contributed by atoms with Gasteiger partial charge in [0.2, 0.25) is 0 Å². The molecule has 2 heteroatoms. The Bertz CT molecular complexity index is 145. The van der Waals surface area contributed by atoms with Crippen molar-refractivity contribution in [1.29, 1.82) is 0 Å². The third kappa shape index (κ3) is 4.27. The summed E-state index contributed by atoms with van der Waals surface area (Å²) in [6.07, 6.45) is 7.58. The van der Waals surface area contributed by atoms with E-state index in [1.807, 2.05) is 0 Å². The normalized spacial score (nSPS) is 23.1. The summed E-state index contributed by atoms with van der Waals surface area (Å²) in [5.41, 5.74) is 0. The summed E-state index contributed by atoms with van der Waals surface area (Å²) in [4.78, 5) is 0. The third-order valence-corrected chi connectivity index (χ3v) is 3.93. The van der Waals surface area contributed by atoms with Gasteiger partial charge in [0, 0.05) is 6.10 Å². The minimum absolute atomic E-state index is 0.506. The van der Waals surface area contributed by atoms with E-state index in [0.717, 1.165) is 5.92 Å². The van der Waals surface area contributed by atoms with Crippen LogP contribution >= 0.6 is 0 Å². The molecule has 0 aromatic rings. The van der Waals surface area contributed by atoms with Crippen LogP contribution in [0.2, 0.25) is 19.6 Å². The topological polar surface area (TPSA) is 9.23 Å². The summed E-state index contributed by atoms with van der Waals surface area (Å²) in [6.45, 7) is 9.12. The van der Waals surface area contributed by atoms with Crippen molar-refractivity contribution in [2.24, 2.45) is 5.92 Å². The molecule has 13 heavy (non-hydrogen) atoms. The van der Waals surface area contributed by atoms with Crippen LogP contribution < -0.4 is 0 Å². The molecule has 1 unspecified atom stereocenters. The van der Waals surface area contributed by atoms with E-state index < -0.39 is 8.32 Å². The van der Waals surface area contributed by atoms with Gasteiger partial charge in [-0.05, 0) is 45.3 Å². The van der Waals surface area contributed by atoms with Gasteiger partial charge in [0.15, 0.2) is 8.32 Å². The molecular formula is C11H24OSi. The Morgan fingerprint density at radius 1 is 1.08 bits per heavy atom. The molecule has 1 saturated carbocycles. The highest BCUT2D eigenvalue weighted by atomic mass is 28.4. The second-order valence-electron chi connectivity index (χ2n) is 5.33.